The van der Waals surface area contributed by atoms with Crippen molar-refractivity contribution in [2.45, 2.75) is 58.0 Å². The van der Waals surface area contributed by atoms with Gasteiger partial charge in [0.15, 0.2) is 0 Å². The molecule has 0 spiro atoms. The Morgan fingerprint density at radius 2 is 1.79 bits per heavy atom. The lowest BCUT2D eigenvalue weighted by atomic mass is 9.87. The van der Waals surface area contributed by atoms with E-state index >= 15 is 0 Å². The van der Waals surface area contributed by atoms with Gasteiger partial charge in [0.25, 0.3) is 0 Å². The predicted octanol–water partition coefficient (Wildman–Crippen LogP) is 4.65. The van der Waals surface area contributed by atoms with Gasteiger partial charge in [-0.3, -0.25) is 9.13 Å². The van der Waals surface area contributed by atoms with Crippen molar-refractivity contribution in [3.63, 3.8) is 0 Å². The molecule has 180 valence electrons. The highest BCUT2D eigenvalue weighted by Crippen LogP contribution is 2.27. The highest BCUT2D eigenvalue weighted by Gasteiger charge is 2.22. The van der Waals surface area contributed by atoms with E-state index in [9.17, 15) is 9.18 Å². The fourth-order valence-corrected chi connectivity index (χ4v) is 5.01. The van der Waals surface area contributed by atoms with E-state index in [0.29, 0.717) is 41.5 Å². The Hall–Kier alpha value is -3.00. The third-order valence-electron chi connectivity index (χ3n) is 7.10. The third-order valence-corrected chi connectivity index (χ3v) is 7.10. The Morgan fingerprint density at radius 3 is 2.53 bits per heavy atom. The first-order chi connectivity index (χ1) is 16.6. The molecule has 7 nitrogen and oxygen atoms in total. The number of ether oxygens (including phenoxy) is 1. The molecule has 3 heterocycles. The van der Waals surface area contributed by atoms with Crippen LogP contribution < -0.4 is 11.0 Å². The maximum atomic E-state index is 13.6. The first-order valence-corrected chi connectivity index (χ1v) is 12.3. The highest BCUT2D eigenvalue weighted by molar-refractivity contribution is 5.59. The van der Waals surface area contributed by atoms with E-state index in [1.54, 1.807) is 27.5 Å². The van der Waals surface area contributed by atoms with Gasteiger partial charge >= 0.3 is 5.69 Å². The summed E-state index contributed by atoms with van der Waals surface area (Å²) in [6, 6.07) is 8.19. The van der Waals surface area contributed by atoms with Crippen LogP contribution in [0, 0.1) is 17.7 Å². The molecule has 1 aliphatic heterocycles. The Bertz CT molecular complexity index is 1160. The number of aromatic nitrogens is 4. The number of anilines is 1. The molecule has 34 heavy (non-hydrogen) atoms. The quantitative estimate of drug-likeness (QED) is 0.574. The SMILES string of the molecule is CC1CCC(Nc2nccc(-c3cn(CC4CCOCC4)c(=O)n3-c3ccc(F)cc3)n2)CC1. The topological polar surface area (TPSA) is 74.0 Å². The van der Waals surface area contributed by atoms with Gasteiger partial charge in [0.2, 0.25) is 5.95 Å². The van der Waals surface area contributed by atoms with Crippen molar-refractivity contribution in [2.24, 2.45) is 11.8 Å². The van der Waals surface area contributed by atoms with Gasteiger partial charge in [0, 0.05) is 38.2 Å². The Morgan fingerprint density at radius 1 is 1.06 bits per heavy atom. The average Bonchev–Trinajstić information content (AvgIpc) is 3.18. The predicted molar refractivity (Wildman–Crippen MR) is 130 cm³/mol. The first kappa shape index (κ1) is 22.8. The molecule has 8 heteroatoms. The zero-order chi connectivity index (χ0) is 23.5. The van der Waals surface area contributed by atoms with E-state index < -0.39 is 0 Å². The molecule has 1 aromatic carbocycles. The number of imidazole rings is 1. The lowest BCUT2D eigenvalue weighted by Gasteiger charge is -2.26. The van der Waals surface area contributed by atoms with Crippen molar-refractivity contribution in [3.05, 3.63) is 59.0 Å². The van der Waals surface area contributed by atoms with E-state index in [-0.39, 0.29) is 11.5 Å². The summed E-state index contributed by atoms with van der Waals surface area (Å²) in [5.74, 6) is 1.40. The summed E-state index contributed by atoms with van der Waals surface area (Å²) in [7, 11) is 0. The van der Waals surface area contributed by atoms with Crippen LogP contribution in [0.25, 0.3) is 17.1 Å². The highest BCUT2D eigenvalue weighted by atomic mass is 19.1. The molecule has 2 fully saturated rings. The Labute approximate surface area is 199 Å². The van der Waals surface area contributed by atoms with Crippen molar-refractivity contribution in [1.29, 1.82) is 0 Å². The number of benzene rings is 1. The summed E-state index contributed by atoms with van der Waals surface area (Å²) in [5.41, 5.74) is 1.80. The number of hydrogen-bond acceptors (Lipinski definition) is 5. The van der Waals surface area contributed by atoms with Crippen molar-refractivity contribution >= 4 is 5.95 Å². The van der Waals surface area contributed by atoms with Crippen molar-refractivity contribution in [2.75, 3.05) is 18.5 Å². The summed E-state index contributed by atoms with van der Waals surface area (Å²) in [5, 5.41) is 3.49. The average molecular weight is 466 g/mol. The van der Waals surface area contributed by atoms with Crippen LogP contribution in [0.2, 0.25) is 0 Å². The zero-order valence-electron chi connectivity index (χ0n) is 19.6. The maximum Gasteiger partial charge on any atom is 0.333 e. The van der Waals surface area contributed by atoms with Gasteiger partial charge in [-0.25, -0.2) is 19.2 Å². The minimum absolute atomic E-state index is 0.150. The summed E-state index contributed by atoms with van der Waals surface area (Å²) in [4.78, 5) is 22.7. The Balaban J connectivity index is 1.48. The normalized spacial score (nSPS) is 21.5. The van der Waals surface area contributed by atoms with Crippen LogP contribution in [-0.2, 0) is 11.3 Å². The standard InChI is InChI=1S/C26H32FN5O2/c1-18-2-6-21(7-3-18)29-25-28-13-10-23(30-25)24-17-31(16-19-11-14-34-15-12-19)26(33)32(24)22-8-4-20(27)5-9-22/h4-5,8-10,13,17-19,21H,2-3,6-7,11-12,14-16H2,1H3,(H,28,29,30). The summed E-state index contributed by atoms with van der Waals surface area (Å²) in [6.07, 6.45) is 10.1. The van der Waals surface area contributed by atoms with E-state index in [1.807, 2.05) is 12.3 Å². The maximum absolute atomic E-state index is 13.6. The minimum Gasteiger partial charge on any atom is -0.381 e. The van der Waals surface area contributed by atoms with Crippen molar-refractivity contribution in [3.8, 4) is 17.1 Å². The van der Waals surface area contributed by atoms with Crippen LogP contribution >= 0.6 is 0 Å². The van der Waals surface area contributed by atoms with Gasteiger partial charge in [0.1, 0.15) is 5.82 Å². The molecule has 0 bridgehead atoms. The zero-order valence-corrected chi connectivity index (χ0v) is 19.6. The lowest BCUT2D eigenvalue weighted by Crippen LogP contribution is -2.28. The van der Waals surface area contributed by atoms with Gasteiger partial charge in [0.05, 0.1) is 17.1 Å². The molecule has 5 rings (SSSR count). The van der Waals surface area contributed by atoms with Gasteiger partial charge < -0.3 is 10.1 Å². The number of rotatable bonds is 6. The number of nitrogens with zero attached hydrogens (tertiary/aromatic N) is 4. The second kappa shape index (κ2) is 10.1. The largest absolute Gasteiger partial charge is 0.381 e. The molecule has 1 saturated carbocycles. The smallest absolute Gasteiger partial charge is 0.333 e. The van der Waals surface area contributed by atoms with Crippen molar-refractivity contribution < 1.29 is 9.13 Å². The molecular weight excluding hydrogens is 433 g/mol. The van der Waals surface area contributed by atoms with Gasteiger partial charge in [-0.1, -0.05) is 6.92 Å². The summed E-state index contributed by atoms with van der Waals surface area (Å²) >= 11 is 0. The molecule has 2 aliphatic rings. The summed E-state index contributed by atoms with van der Waals surface area (Å²) < 4.78 is 22.5. The molecule has 1 saturated heterocycles. The fraction of sp³-hybridized carbons (Fsp3) is 0.500. The van der Waals surface area contributed by atoms with E-state index in [1.165, 1.54) is 25.0 Å². The van der Waals surface area contributed by atoms with Crippen LogP contribution in [0.4, 0.5) is 10.3 Å². The molecule has 0 radical (unpaired) electrons. The molecule has 0 unspecified atom stereocenters. The lowest BCUT2D eigenvalue weighted by molar-refractivity contribution is 0.0609. The van der Waals surface area contributed by atoms with Gasteiger partial charge in [-0.15, -0.1) is 0 Å². The second-order valence-corrected chi connectivity index (χ2v) is 9.68. The molecule has 2 aromatic heterocycles. The van der Waals surface area contributed by atoms with Gasteiger partial charge in [-0.05, 0) is 80.7 Å². The van der Waals surface area contributed by atoms with Crippen LogP contribution in [0.3, 0.4) is 0 Å². The number of halogens is 1. The molecule has 0 amide bonds. The molecule has 3 aromatic rings. The van der Waals surface area contributed by atoms with Crippen LogP contribution in [-0.4, -0.2) is 38.4 Å². The van der Waals surface area contributed by atoms with Gasteiger partial charge in [-0.2, -0.15) is 0 Å². The second-order valence-electron chi connectivity index (χ2n) is 9.68. The molecular formula is C26H32FN5O2. The molecule has 1 aliphatic carbocycles. The monoisotopic (exact) mass is 465 g/mol. The Kier molecular flexibility index (Phi) is 6.76. The van der Waals surface area contributed by atoms with Crippen molar-refractivity contribution in [1.82, 2.24) is 19.1 Å². The molecule has 1 N–H and O–H groups in total. The van der Waals surface area contributed by atoms with Crippen LogP contribution in [0.1, 0.15) is 45.4 Å². The number of nitrogens with one attached hydrogen (secondary N) is 1. The third kappa shape index (κ3) is 5.06. The van der Waals surface area contributed by atoms with E-state index in [4.69, 9.17) is 9.72 Å². The summed E-state index contributed by atoms with van der Waals surface area (Å²) in [6.45, 7) is 4.38. The van der Waals surface area contributed by atoms with Crippen LogP contribution in [0.15, 0.2) is 47.5 Å². The first-order valence-electron chi connectivity index (χ1n) is 12.3. The van der Waals surface area contributed by atoms with E-state index in [2.05, 4.69) is 17.2 Å². The van der Waals surface area contributed by atoms with E-state index in [0.717, 1.165) is 44.8 Å². The fourth-order valence-electron chi connectivity index (χ4n) is 5.01. The minimum atomic E-state index is -0.338. The molecule has 0 atom stereocenters. The number of hydrogen-bond donors (Lipinski definition) is 1. The van der Waals surface area contributed by atoms with Crippen LogP contribution in [0.5, 0.6) is 0 Å².